The highest BCUT2D eigenvalue weighted by Gasteiger charge is 2.13. The van der Waals surface area contributed by atoms with Gasteiger partial charge in [-0.1, -0.05) is 35.0 Å². The number of carbonyl (C=O) groups is 1. The van der Waals surface area contributed by atoms with Crippen LogP contribution in [0.3, 0.4) is 0 Å². The van der Waals surface area contributed by atoms with E-state index in [9.17, 15) is 4.79 Å². The van der Waals surface area contributed by atoms with Crippen LogP contribution in [0.15, 0.2) is 12.1 Å². The highest BCUT2D eigenvalue weighted by molar-refractivity contribution is 9.08. The van der Waals surface area contributed by atoms with Crippen molar-refractivity contribution in [2.45, 2.75) is 25.1 Å². The molecule has 0 heterocycles. The molecule has 0 aliphatic carbocycles. The summed E-state index contributed by atoms with van der Waals surface area (Å²) in [5.74, 6) is -0.912. The van der Waals surface area contributed by atoms with Crippen LogP contribution >= 0.6 is 15.9 Å². The molecule has 1 rings (SSSR count). The number of carboxylic acid groups (broad SMARTS) is 1. The molecule has 0 aromatic heterocycles. The summed E-state index contributed by atoms with van der Waals surface area (Å²) in [6, 6.07) is 5.72. The molecule has 0 aliphatic rings. The Balaban J connectivity index is 3.32. The Morgan fingerprint density at radius 2 is 2.12 bits per heavy atom. The van der Waals surface area contributed by atoms with Crippen molar-refractivity contribution in [1.82, 2.24) is 0 Å². The Hall–Kier alpha value is -1.34. The third-order valence-electron chi connectivity index (χ3n) is 2.45. The largest absolute Gasteiger partial charge is 0.481 e. The first-order valence-electron chi connectivity index (χ1n) is 4.95. The second-order valence-electron chi connectivity index (χ2n) is 3.41. The molecule has 0 bridgehead atoms. The second-order valence-corrected chi connectivity index (χ2v) is 3.97. The molecule has 0 aliphatic heterocycles. The third kappa shape index (κ3) is 2.61. The van der Waals surface area contributed by atoms with Gasteiger partial charge in [-0.05, 0) is 23.1 Å². The summed E-state index contributed by atoms with van der Waals surface area (Å²) in [6.07, 6.45) is 0.635. The van der Waals surface area contributed by atoms with Crippen LogP contribution in [0.4, 0.5) is 0 Å². The summed E-state index contributed by atoms with van der Waals surface area (Å²) in [4.78, 5) is 10.7. The van der Waals surface area contributed by atoms with E-state index in [1.807, 2.05) is 13.0 Å². The highest BCUT2D eigenvalue weighted by Crippen LogP contribution is 2.22. The molecule has 84 valence electrons. The third-order valence-corrected chi connectivity index (χ3v) is 3.05. The van der Waals surface area contributed by atoms with Gasteiger partial charge in [0.15, 0.2) is 0 Å². The summed E-state index contributed by atoms with van der Waals surface area (Å²) < 4.78 is 0. The lowest BCUT2D eigenvalue weighted by atomic mass is 9.94. The fraction of sp³-hybridized carbons (Fsp3) is 0.333. The van der Waals surface area contributed by atoms with Crippen molar-refractivity contribution >= 4 is 21.9 Å². The topological polar surface area (TPSA) is 61.1 Å². The predicted molar refractivity (Wildman–Crippen MR) is 64.5 cm³/mol. The molecule has 0 radical (unpaired) electrons. The van der Waals surface area contributed by atoms with Gasteiger partial charge in [-0.3, -0.25) is 4.79 Å². The van der Waals surface area contributed by atoms with Gasteiger partial charge in [-0.15, -0.1) is 0 Å². The SMILES string of the molecule is CCc1c(CBr)ccc(CC(=O)O)c1C#N. The molecule has 0 spiro atoms. The second kappa shape index (κ2) is 5.66. The average molecular weight is 282 g/mol. The van der Waals surface area contributed by atoms with Crippen LogP contribution in [0.25, 0.3) is 0 Å². The number of carboxylic acids is 1. The van der Waals surface area contributed by atoms with E-state index in [1.165, 1.54) is 0 Å². The maximum atomic E-state index is 10.7. The lowest BCUT2D eigenvalue weighted by Gasteiger charge is -2.10. The van der Waals surface area contributed by atoms with E-state index >= 15 is 0 Å². The predicted octanol–water partition coefficient (Wildman–Crippen LogP) is 2.64. The van der Waals surface area contributed by atoms with Gasteiger partial charge in [0.05, 0.1) is 18.1 Å². The summed E-state index contributed by atoms with van der Waals surface area (Å²) in [5, 5.41) is 18.5. The van der Waals surface area contributed by atoms with Gasteiger partial charge in [-0.2, -0.15) is 5.26 Å². The molecule has 3 nitrogen and oxygen atoms in total. The van der Waals surface area contributed by atoms with Gasteiger partial charge < -0.3 is 5.11 Å². The number of hydrogen-bond acceptors (Lipinski definition) is 2. The molecule has 0 saturated heterocycles. The van der Waals surface area contributed by atoms with Crippen molar-refractivity contribution < 1.29 is 9.90 Å². The van der Waals surface area contributed by atoms with E-state index in [1.54, 1.807) is 6.07 Å². The van der Waals surface area contributed by atoms with E-state index in [-0.39, 0.29) is 6.42 Å². The van der Waals surface area contributed by atoms with Crippen molar-refractivity contribution in [2.75, 3.05) is 0 Å². The van der Waals surface area contributed by atoms with E-state index < -0.39 is 5.97 Å². The van der Waals surface area contributed by atoms with Gasteiger partial charge in [-0.25, -0.2) is 0 Å². The van der Waals surface area contributed by atoms with Gasteiger partial charge in [0.25, 0.3) is 0 Å². The minimum Gasteiger partial charge on any atom is -0.481 e. The molecule has 0 saturated carbocycles. The standard InChI is InChI=1S/C12H12BrNO2/c1-2-10-9(6-13)4-3-8(5-12(15)16)11(10)7-14/h3-4H,2,5-6H2,1H3,(H,15,16). The molecule has 4 heteroatoms. The molecule has 1 aromatic rings. The molecular weight excluding hydrogens is 270 g/mol. The summed E-state index contributed by atoms with van der Waals surface area (Å²) in [5.41, 5.74) is 3.10. The minimum absolute atomic E-state index is 0.0988. The normalized spacial score (nSPS) is 9.81. The van der Waals surface area contributed by atoms with Crippen LogP contribution in [0.2, 0.25) is 0 Å². The number of nitriles is 1. The quantitative estimate of drug-likeness (QED) is 0.863. The van der Waals surface area contributed by atoms with Crippen LogP contribution < -0.4 is 0 Å². The number of nitrogens with zero attached hydrogens (tertiary/aromatic N) is 1. The fourth-order valence-corrected chi connectivity index (χ4v) is 2.24. The van der Waals surface area contributed by atoms with E-state index in [0.717, 1.165) is 17.5 Å². The van der Waals surface area contributed by atoms with Crippen molar-refractivity contribution in [1.29, 1.82) is 5.26 Å². The first kappa shape index (κ1) is 12.7. The number of rotatable bonds is 4. The smallest absolute Gasteiger partial charge is 0.307 e. The number of alkyl halides is 1. The summed E-state index contributed by atoms with van der Waals surface area (Å²) >= 11 is 3.36. The lowest BCUT2D eigenvalue weighted by Crippen LogP contribution is -2.06. The molecule has 0 amide bonds. The molecule has 16 heavy (non-hydrogen) atoms. The molecule has 1 aromatic carbocycles. The zero-order valence-corrected chi connectivity index (χ0v) is 10.5. The number of hydrogen-bond donors (Lipinski definition) is 1. The number of benzene rings is 1. The zero-order chi connectivity index (χ0) is 12.1. The monoisotopic (exact) mass is 281 g/mol. The lowest BCUT2D eigenvalue weighted by molar-refractivity contribution is -0.136. The minimum atomic E-state index is -0.912. The summed E-state index contributed by atoms with van der Waals surface area (Å²) in [6.45, 7) is 1.97. The molecule has 0 unspecified atom stereocenters. The maximum absolute atomic E-state index is 10.7. The average Bonchev–Trinajstić information content (AvgIpc) is 2.27. The van der Waals surface area contributed by atoms with E-state index in [0.29, 0.717) is 16.5 Å². The Morgan fingerprint density at radius 1 is 1.50 bits per heavy atom. The molecular formula is C12H12BrNO2. The summed E-state index contributed by atoms with van der Waals surface area (Å²) in [7, 11) is 0. The fourth-order valence-electron chi connectivity index (χ4n) is 1.72. The van der Waals surface area contributed by atoms with Crippen LogP contribution in [0, 0.1) is 11.3 Å². The van der Waals surface area contributed by atoms with Crippen LogP contribution in [-0.2, 0) is 23.0 Å². The Morgan fingerprint density at radius 3 is 2.56 bits per heavy atom. The molecule has 0 fully saturated rings. The van der Waals surface area contributed by atoms with Gasteiger partial charge >= 0.3 is 5.97 Å². The van der Waals surface area contributed by atoms with Crippen molar-refractivity contribution in [3.8, 4) is 6.07 Å². The highest BCUT2D eigenvalue weighted by atomic mass is 79.9. The van der Waals surface area contributed by atoms with E-state index in [4.69, 9.17) is 10.4 Å². The van der Waals surface area contributed by atoms with Crippen molar-refractivity contribution in [3.63, 3.8) is 0 Å². The maximum Gasteiger partial charge on any atom is 0.307 e. The van der Waals surface area contributed by atoms with Crippen LogP contribution in [-0.4, -0.2) is 11.1 Å². The van der Waals surface area contributed by atoms with Crippen LogP contribution in [0.1, 0.15) is 29.2 Å². The number of aliphatic carboxylic acids is 1. The molecule has 0 atom stereocenters. The first-order chi connectivity index (χ1) is 7.63. The Kier molecular flexibility index (Phi) is 4.51. The first-order valence-corrected chi connectivity index (χ1v) is 6.07. The Bertz CT molecular complexity index is 449. The van der Waals surface area contributed by atoms with Gasteiger partial charge in [0.2, 0.25) is 0 Å². The zero-order valence-electron chi connectivity index (χ0n) is 8.96. The van der Waals surface area contributed by atoms with Gasteiger partial charge in [0.1, 0.15) is 0 Å². The van der Waals surface area contributed by atoms with Crippen molar-refractivity contribution in [2.24, 2.45) is 0 Å². The van der Waals surface area contributed by atoms with Crippen molar-refractivity contribution in [3.05, 3.63) is 34.4 Å². The van der Waals surface area contributed by atoms with Gasteiger partial charge in [0, 0.05) is 5.33 Å². The molecule has 1 N–H and O–H groups in total. The Labute approximate surface area is 103 Å². The number of halogens is 1. The van der Waals surface area contributed by atoms with E-state index in [2.05, 4.69) is 22.0 Å². The van der Waals surface area contributed by atoms with Crippen LogP contribution in [0.5, 0.6) is 0 Å².